The van der Waals surface area contributed by atoms with Gasteiger partial charge in [0.15, 0.2) is 0 Å². The Morgan fingerprint density at radius 3 is 2.52 bits per heavy atom. The summed E-state index contributed by atoms with van der Waals surface area (Å²) in [7, 11) is 0. The van der Waals surface area contributed by atoms with Gasteiger partial charge in [0.2, 0.25) is 5.82 Å². The molecular formula is C17H34N6+2. The molecule has 1 atom stereocenters. The molecular weight excluding hydrogens is 288 g/mol. The molecule has 0 amide bonds. The zero-order chi connectivity index (χ0) is 16.9. The second-order valence-electron chi connectivity index (χ2n) is 7.72. The fourth-order valence-corrected chi connectivity index (χ4v) is 3.49. The van der Waals surface area contributed by atoms with E-state index in [1.54, 1.807) is 9.80 Å². The molecule has 0 aromatic carbocycles. The molecule has 130 valence electrons. The molecule has 2 heterocycles. The summed E-state index contributed by atoms with van der Waals surface area (Å²) < 4.78 is 2.03. The summed E-state index contributed by atoms with van der Waals surface area (Å²) in [6.45, 7) is 18.5. The van der Waals surface area contributed by atoms with Crippen molar-refractivity contribution in [1.29, 1.82) is 0 Å². The molecule has 1 fully saturated rings. The van der Waals surface area contributed by atoms with Crippen LogP contribution >= 0.6 is 0 Å². The van der Waals surface area contributed by atoms with Gasteiger partial charge in [-0.3, -0.25) is 0 Å². The second-order valence-corrected chi connectivity index (χ2v) is 7.72. The Morgan fingerprint density at radius 1 is 1.26 bits per heavy atom. The number of tetrazole rings is 1. The molecule has 1 aliphatic heterocycles. The minimum Gasteiger partial charge on any atom is -0.322 e. The standard InChI is InChI=1S/C17H32N6/c1-6-8-9-15(16-18-19-20-23(16)17(3,4)5)22-13-11-21(10-7-2)12-14-22/h7,15H,2,6,8-14H2,1,3-5H3/p+2/t15-/m0/s1. The number of piperazine rings is 1. The number of unbranched alkanes of at least 4 members (excludes halogenated alkanes) is 1. The molecule has 1 saturated heterocycles. The summed E-state index contributed by atoms with van der Waals surface area (Å²) in [6.07, 6.45) is 5.65. The number of nitrogens with zero attached hydrogens (tertiary/aromatic N) is 4. The fourth-order valence-electron chi connectivity index (χ4n) is 3.49. The highest BCUT2D eigenvalue weighted by atomic mass is 15.6. The lowest BCUT2D eigenvalue weighted by molar-refractivity contribution is -1.03. The smallest absolute Gasteiger partial charge is 0.209 e. The summed E-state index contributed by atoms with van der Waals surface area (Å²) in [5.74, 6) is 1.06. The van der Waals surface area contributed by atoms with Crippen molar-refractivity contribution in [3.63, 3.8) is 0 Å². The number of aromatic nitrogens is 4. The largest absolute Gasteiger partial charge is 0.322 e. The maximum absolute atomic E-state index is 4.42. The van der Waals surface area contributed by atoms with E-state index >= 15 is 0 Å². The lowest BCUT2D eigenvalue weighted by Crippen LogP contribution is -3.28. The van der Waals surface area contributed by atoms with Gasteiger partial charge in [-0.05, 0) is 43.7 Å². The van der Waals surface area contributed by atoms with Crippen LogP contribution in [0.4, 0.5) is 0 Å². The van der Waals surface area contributed by atoms with E-state index in [0.717, 1.165) is 12.4 Å². The summed E-state index contributed by atoms with van der Waals surface area (Å²) in [5, 5.41) is 12.7. The quantitative estimate of drug-likeness (QED) is 0.674. The van der Waals surface area contributed by atoms with Gasteiger partial charge < -0.3 is 9.80 Å². The van der Waals surface area contributed by atoms with Crippen LogP contribution < -0.4 is 9.80 Å². The molecule has 1 aliphatic rings. The van der Waals surface area contributed by atoms with Crippen LogP contribution in [0, 0.1) is 0 Å². The highest BCUT2D eigenvalue weighted by molar-refractivity contribution is 4.92. The molecule has 0 unspecified atom stereocenters. The Kier molecular flexibility index (Phi) is 6.30. The first-order valence-corrected chi connectivity index (χ1v) is 9.05. The lowest BCUT2D eigenvalue weighted by Gasteiger charge is -2.34. The Bertz CT molecular complexity index is 482. The number of rotatable bonds is 7. The molecule has 0 saturated carbocycles. The zero-order valence-corrected chi connectivity index (χ0v) is 15.3. The van der Waals surface area contributed by atoms with E-state index in [0.29, 0.717) is 6.04 Å². The van der Waals surface area contributed by atoms with Crippen molar-refractivity contribution in [3.05, 3.63) is 18.5 Å². The molecule has 2 N–H and O–H groups in total. The first-order valence-electron chi connectivity index (χ1n) is 9.05. The first kappa shape index (κ1) is 18.1. The van der Waals surface area contributed by atoms with Gasteiger partial charge in [0, 0.05) is 6.42 Å². The van der Waals surface area contributed by atoms with Crippen LogP contribution in [0.15, 0.2) is 12.7 Å². The molecule has 23 heavy (non-hydrogen) atoms. The van der Waals surface area contributed by atoms with Crippen LogP contribution in [0.5, 0.6) is 0 Å². The van der Waals surface area contributed by atoms with Crippen LogP contribution in [0.2, 0.25) is 0 Å². The molecule has 1 aromatic heterocycles. The predicted molar refractivity (Wildman–Crippen MR) is 91.5 cm³/mol. The van der Waals surface area contributed by atoms with Gasteiger partial charge in [-0.2, -0.15) is 0 Å². The van der Waals surface area contributed by atoms with E-state index in [1.165, 1.54) is 45.4 Å². The third-order valence-corrected chi connectivity index (χ3v) is 4.81. The van der Waals surface area contributed by atoms with E-state index in [2.05, 4.69) is 49.8 Å². The Labute approximate surface area is 140 Å². The normalized spacial score (nSPS) is 23.7. The molecule has 1 aromatic rings. The molecule has 6 heteroatoms. The van der Waals surface area contributed by atoms with Gasteiger partial charge in [0.05, 0.1) is 12.1 Å². The van der Waals surface area contributed by atoms with Crippen LogP contribution in [0.3, 0.4) is 0 Å². The predicted octanol–water partition coefficient (Wildman–Crippen LogP) is -0.371. The number of quaternary nitrogens is 2. The molecule has 0 spiro atoms. The SMILES string of the molecule is C=CC[NH+]1CC[NH+]([C@@H](CCCC)c2nnnn2C(C)(C)C)CC1. The molecule has 0 bridgehead atoms. The van der Waals surface area contributed by atoms with Crippen LogP contribution in [0.1, 0.15) is 58.8 Å². The zero-order valence-electron chi connectivity index (χ0n) is 15.3. The highest BCUT2D eigenvalue weighted by Crippen LogP contribution is 2.20. The lowest BCUT2D eigenvalue weighted by atomic mass is 10.0. The second kappa shape index (κ2) is 8.02. The maximum atomic E-state index is 4.42. The van der Waals surface area contributed by atoms with Crippen molar-refractivity contribution < 1.29 is 9.80 Å². The maximum Gasteiger partial charge on any atom is 0.209 e. The van der Waals surface area contributed by atoms with E-state index < -0.39 is 0 Å². The fraction of sp³-hybridized carbons (Fsp3) is 0.824. The average Bonchev–Trinajstić information content (AvgIpc) is 2.99. The Balaban J connectivity index is 2.15. The van der Waals surface area contributed by atoms with Crippen molar-refractivity contribution in [2.24, 2.45) is 0 Å². The summed E-state index contributed by atoms with van der Waals surface area (Å²) in [4.78, 5) is 3.29. The van der Waals surface area contributed by atoms with Crippen molar-refractivity contribution in [3.8, 4) is 0 Å². The minimum absolute atomic E-state index is 0.0708. The van der Waals surface area contributed by atoms with E-state index in [1.807, 2.05) is 10.8 Å². The van der Waals surface area contributed by atoms with Gasteiger partial charge >= 0.3 is 0 Å². The average molecular weight is 323 g/mol. The summed E-state index contributed by atoms with van der Waals surface area (Å²) in [6, 6.07) is 0.412. The third-order valence-electron chi connectivity index (χ3n) is 4.81. The van der Waals surface area contributed by atoms with Crippen LogP contribution in [-0.4, -0.2) is 52.9 Å². The van der Waals surface area contributed by atoms with Crippen molar-refractivity contribution in [1.82, 2.24) is 20.2 Å². The van der Waals surface area contributed by atoms with Gasteiger partial charge in [-0.15, -0.1) is 5.10 Å². The molecule has 0 radical (unpaired) electrons. The van der Waals surface area contributed by atoms with Gasteiger partial charge in [0.1, 0.15) is 32.2 Å². The number of hydrogen-bond donors (Lipinski definition) is 2. The Hall–Kier alpha value is -1.27. The van der Waals surface area contributed by atoms with Crippen molar-refractivity contribution in [2.75, 3.05) is 32.7 Å². The van der Waals surface area contributed by atoms with Crippen molar-refractivity contribution in [2.45, 2.75) is 58.5 Å². The Morgan fingerprint density at radius 2 is 1.96 bits per heavy atom. The number of nitrogens with one attached hydrogen (secondary N) is 2. The van der Waals surface area contributed by atoms with Crippen LogP contribution in [0.25, 0.3) is 0 Å². The summed E-state index contributed by atoms with van der Waals surface area (Å²) >= 11 is 0. The molecule has 6 nitrogen and oxygen atoms in total. The van der Waals surface area contributed by atoms with Gasteiger partial charge in [-0.1, -0.05) is 19.9 Å². The van der Waals surface area contributed by atoms with Crippen LogP contribution in [-0.2, 0) is 5.54 Å². The monoisotopic (exact) mass is 322 g/mol. The third kappa shape index (κ3) is 4.61. The molecule has 0 aliphatic carbocycles. The van der Waals surface area contributed by atoms with E-state index in [4.69, 9.17) is 0 Å². The van der Waals surface area contributed by atoms with Crippen molar-refractivity contribution >= 4 is 0 Å². The first-order chi connectivity index (χ1) is 11.0. The minimum atomic E-state index is -0.0708. The topological polar surface area (TPSA) is 52.5 Å². The highest BCUT2D eigenvalue weighted by Gasteiger charge is 2.35. The van der Waals surface area contributed by atoms with E-state index in [-0.39, 0.29) is 5.54 Å². The number of hydrogen-bond acceptors (Lipinski definition) is 3. The van der Waals surface area contributed by atoms with Gasteiger partial charge in [-0.25, -0.2) is 4.68 Å². The van der Waals surface area contributed by atoms with E-state index in [9.17, 15) is 0 Å². The summed E-state index contributed by atoms with van der Waals surface area (Å²) in [5.41, 5.74) is -0.0708. The molecule has 2 rings (SSSR count). The van der Waals surface area contributed by atoms with Gasteiger partial charge in [0.25, 0.3) is 0 Å².